The van der Waals surface area contributed by atoms with Gasteiger partial charge < -0.3 is 0 Å². The zero-order valence-corrected chi connectivity index (χ0v) is 8.97. The number of nitrogens with zero attached hydrogens (tertiary/aromatic N) is 3. The molecule has 0 atom stereocenters. The summed E-state index contributed by atoms with van der Waals surface area (Å²) in [5.41, 5.74) is -0.163. The van der Waals surface area contributed by atoms with Crippen molar-refractivity contribution in [2.24, 2.45) is 0 Å². The Kier molecular flexibility index (Phi) is 3.12. The minimum atomic E-state index is -0.502. The molecule has 0 radical (unpaired) electrons. The number of amides is 1. The van der Waals surface area contributed by atoms with Gasteiger partial charge in [0.1, 0.15) is 11.8 Å². The monoisotopic (exact) mass is 207 g/mol. The van der Waals surface area contributed by atoms with Crippen LogP contribution in [0.2, 0.25) is 0 Å². The lowest BCUT2D eigenvalue weighted by molar-refractivity contribution is -0.127. The smallest absolute Gasteiger partial charge is 0.255 e. The van der Waals surface area contributed by atoms with Gasteiger partial charge in [0.15, 0.2) is 0 Å². The van der Waals surface area contributed by atoms with Gasteiger partial charge >= 0.3 is 0 Å². The number of rotatable bonds is 3. The topological polar surface area (TPSA) is 58.3 Å². The summed E-state index contributed by atoms with van der Waals surface area (Å²) in [5, 5.41) is 9.78. The molecule has 5 heteroatoms. The lowest BCUT2D eigenvalue weighted by Gasteiger charge is -2.27. The Morgan fingerprint density at radius 3 is 2.73 bits per heavy atom. The highest BCUT2D eigenvalue weighted by molar-refractivity contribution is 5.58. The van der Waals surface area contributed by atoms with Gasteiger partial charge in [-0.1, -0.05) is 0 Å². The maximum atomic E-state index is 10.8. The third-order valence-corrected chi connectivity index (χ3v) is 1.51. The molecule has 0 saturated heterocycles. The van der Waals surface area contributed by atoms with Crippen LogP contribution in [0.3, 0.4) is 0 Å². The zero-order chi connectivity index (χ0) is 11.5. The number of hydroxylamine groups is 1. The first-order chi connectivity index (χ1) is 6.98. The summed E-state index contributed by atoms with van der Waals surface area (Å²) in [4.78, 5) is 16.2. The second kappa shape index (κ2) is 4.15. The first kappa shape index (κ1) is 11.3. The molecule has 0 fully saturated rings. The Morgan fingerprint density at radius 2 is 2.27 bits per heavy atom. The Labute approximate surface area is 88.4 Å². The van der Waals surface area contributed by atoms with E-state index in [1.54, 1.807) is 18.3 Å². The van der Waals surface area contributed by atoms with E-state index >= 15 is 0 Å². The van der Waals surface area contributed by atoms with Crippen molar-refractivity contribution in [1.82, 2.24) is 4.68 Å². The third kappa shape index (κ3) is 2.82. The standard InChI is InChI=1S/C10H13N3O2/c1-10(2,3)15-13(8-14)12-6-4-5-9(12)7-11/h4-6,8H,1-3H3. The SMILES string of the molecule is CC(C)(C)ON(C=O)n1cccc1C#N. The summed E-state index contributed by atoms with van der Waals surface area (Å²) >= 11 is 0. The summed E-state index contributed by atoms with van der Waals surface area (Å²) in [6.07, 6.45) is 2.10. The molecule has 0 bridgehead atoms. The van der Waals surface area contributed by atoms with Crippen molar-refractivity contribution in [3.63, 3.8) is 0 Å². The molecule has 0 aliphatic heterocycles. The molecule has 1 amide bonds. The fourth-order valence-corrected chi connectivity index (χ4v) is 1.03. The number of carbonyl (C=O) groups is 1. The summed E-state index contributed by atoms with van der Waals surface area (Å²) in [6, 6.07) is 5.23. The third-order valence-electron chi connectivity index (χ3n) is 1.51. The van der Waals surface area contributed by atoms with Crippen molar-refractivity contribution in [2.75, 3.05) is 5.17 Å². The molecule has 0 unspecified atom stereocenters. The fourth-order valence-electron chi connectivity index (χ4n) is 1.03. The summed E-state index contributed by atoms with van der Waals surface area (Å²) in [7, 11) is 0. The Bertz CT molecular complexity index is 384. The highest BCUT2D eigenvalue weighted by Gasteiger charge is 2.18. The minimum absolute atomic E-state index is 0.339. The number of hydrogen-bond donors (Lipinski definition) is 0. The van der Waals surface area contributed by atoms with E-state index < -0.39 is 5.60 Å². The fraction of sp³-hybridized carbons (Fsp3) is 0.400. The molecule has 1 rings (SSSR count). The highest BCUT2D eigenvalue weighted by Crippen LogP contribution is 2.10. The summed E-state index contributed by atoms with van der Waals surface area (Å²) in [6.45, 7) is 5.46. The van der Waals surface area contributed by atoms with E-state index in [4.69, 9.17) is 10.1 Å². The second-order valence-electron chi connectivity index (χ2n) is 3.96. The largest absolute Gasteiger partial charge is 0.274 e. The van der Waals surface area contributed by atoms with Crippen LogP contribution in [0, 0.1) is 11.3 Å². The Morgan fingerprint density at radius 1 is 1.60 bits per heavy atom. The molecular weight excluding hydrogens is 194 g/mol. The van der Waals surface area contributed by atoms with Crippen LogP contribution in [0.25, 0.3) is 0 Å². The van der Waals surface area contributed by atoms with Gasteiger partial charge in [0, 0.05) is 6.20 Å². The van der Waals surface area contributed by atoms with Gasteiger partial charge in [0.2, 0.25) is 0 Å². The van der Waals surface area contributed by atoms with Gasteiger partial charge in [-0.25, -0.2) is 9.51 Å². The maximum Gasteiger partial charge on any atom is 0.255 e. The van der Waals surface area contributed by atoms with Crippen LogP contribution in [0.1, 0.15) is 26.5 Å². The highest BCUT2D eigenvalue weighted by atomic mass is 16.7. The van der Waals surface area contributed by atoms with E-state index in [0.29, 0.717) is 12.1 Å². The van der Waals surface area contributed by atoms with Crippen LogP contribution in [0.4, 0.5) is 0 Å². The van der Waals surface area contributed by atoms with Crippen molar-refractivity contribution < 1.29 is 9.63 Å². The van der Waals surface area contributed by atoms with Gasteiger partial charge in [-0.15, -0.1) is 5.17 Å². The Hall–Kier alpha value is -1.80. The average Bonchev–Trinajstić information content (AvgIpc) is 2.60. The Balaban J connectivity index is 2.94. The van der Waals surface area contributed by atoms with Crippen LogP contribution in [0.15, 0.2) is 18.3 Å². The molecule has 80 valence electrons. The van der Waals surface area contributed by atoms with Crippen molar-refractivity contribution in [3.05, 3.63) is 24.0 Å². The minimum Gasteiger partial charge on any atom is -0.274 e. The van der Waals surface area contributed by atoms with Crippen LogP contribution < -0.4 is 5.17 Å². The van der Waals surface area contributed by atoms with Gasteiger partial charge in [-0.2, -0.15) is 5.26 Å². The van der Waals surface area contributed by atoms with Crippen molar-refractivity contribution in [2.45, 2.75) is 26.4 Å². The first-order valence-electron chi connectivity index (χ1n) is 4.49. The molecule has 1 aromatic rings. The van der Waals surface area contributed by atoms with Crippen molar-refractivity contribution in [1.29, 1.82) is 5.26 Å². The molecule has 15 heavy (non-hydrogen) atoms. The maximum absolute atomic E-state index is 10.8. The molecule has 0 aliphatic carbocycles. The quantitative estimate of drug-likeness (QED) is 0.552. The summed E-state index contributed by atoms with van der Waals surface area (Å²) in [5.74, 6) is 0. The second-order valence-corrected chi connectivity index (χ2v) is 3.96. The van der Waals surface area contributed by atoms with Crippen LogP contribution >= 0.6 is 0 Å². The number of carbonyl (C=O) groups excluding carboxylic acids is 1. The predicted octanol–water partition coefficient (Wildman–Crippen LogP) is 1.18. The molecule has 0 aromatic carbocycles. The van der Waals surface area contributed by atoms with E-state index in [-0.39, 0.29) is 0 Å². The van der Waals surface area contributed by atoms with E-state index in [2.05, 4.69) is 0 Å². The number of nitriles is 1. The van der Waals surface area contributed by atoms with Gasteiger partial charge in [-0.05, 0) is 32.9 Å². The van der Waals surface area contributed by atoms with E-state index in [1.807, 2.05) is 26.8 Å². The van der Waals surface area contributed by atoms with Crippen LogP contribution in [0.5, 0.6) is 0 Å². The van der Waals surface area contributed by atoms with Crippen molar-refractivity contribution >= 4 is 6.41 Å². The van der Waals surface area contributed by atoms with E-state index in [9.17, 15) is 4.79 Å². The van der Waals surface area contributed by atoms with Gasteiger partial charge in [0.25, 0.3) is 6.41 Å². The molecule has 0 N–H and O–H groups in total. The normalized spacial score (nSPS) is 10.8. The summed E-state index contributed by atoms with van der Waals surface area (Å²) < 4.78 is 1.35. The molecular formula is C10H13N3O2. The van der Waals surface area contributed by atoms with Crippen LogP contribution in [-0.2, 0) is 9.63 Å². The first-order valence-corrected chi connectivity index (χ1v) is 4.49. The number of aromatic nitrogens is 1. The van der Waals surface area contributed by atoms with Gasteiger partial charge in [-0.3, -0.25) is 4.79 Å². The van der Waals surface area contributed by atoms with E-state index in [1.165, 1.54) is 4.68 Å². The lowest BCUT2D eigenvalue weighted by Crippen LogP contribution is -2.40. The molecule has 0 saturated carbocycles. The number of hydrogen-bond acceptors (Lipinski definition) is 3. The van der Waals surface area contributed by atoms with Crippen LogP contribution in [-0.4, -0.2) is 16.7 Å². The molecule has 0 aliphatic rings. The van der Waals surface area contributed by atoms with E-state index in [0.717, 1.165) is 5.17 Å². The molecule has 1 heterocycles. The zero-order valence-electron chi connectivity index (χ0n) is 8.97. The molecule has 1 aromatic heterocycles. The molecule has 0 spiro atoms. The lowest BCUT2D eigenvalue weighted by atomic mass is 10.2. The van der Waals surface area contributed by atoms with Crippen molar-refractivity contribution in [3.8, 4) is 6.07 Å². The van der Waals surface area contributed by atoms with Gasteiger partial charge in [0.05, 0.1) is 5.60 Å². The predicted molar refractivity (Wildman–Crippen MR) is 54.3 cm³/mol. The molecule has 5 nitrogen and oxygen atoms in total. The average molecular weight is 207 g/mol.